The second kappa shape index (κ2) is 4.12. The fourth-order valence-electron chi connectivity index (χ4n) is 1.75. The Hall–Kier alpha value is 0.150. The molecule has 78 valence electrons. The number of hydrogen-bond acceptors (Lipinski definition) is 3. The number of hydrogen-bond donors (Lipinski definition) is 1. The summed E-state index contributed by atoms with van der Waals surface area (Å²) >= 11 is 0. The highest BCUT2D eigenvalue weighted by atomic mass is 31.2. The molecule has 1 heterocycles. The molecule has 2 atom stereocenters. The van der Waals surface area contributed by atoms with E-state index in [2.05, 4.69) is 12.2 Å². The van der Waals surface area contributed by atoms with Crippen LogP contribution in [0.4, 0.5) is 0 Å². The van der Waals surface area contributed by atoms with E-state index < -0.39 is 7.37 Å². The molecule has 3 nitrogen and oxygen atoms in total. The first-order valence-electron chi connectivity index (χ1n) is 5.06. The monoisotopic (exact) mass is 205 g/mol. The molecule has 0 spiro atoms. The summed E-state index contributed by atoms with van der Waals surface area (Å²) in [5, 5.41) is 3.04. The van der Waals surface area contributed by atoms with Crippen molar-refractivity contribution in [3.8, 4) is 0 Å². The van der Waals surface area contributed by atoms with Crippen LogP contribution in [-0.2, 0) is 9.09 Å². The van der Waals surface area contributed by atoms with Crippen molar-refractivity contribution in [2.24, 2.45) is 0 Å². The van der Waals surface area contributed by atoms with Gasteiger partial charge in [0.05, 0.1) is 11.9 Å². The average Bonchev–Trinajstić information content (AvgIpc) is 2.11. The van der Waals surface area contributed by atoms with Gasteiger partial charge in [-0.25, -0.2) is 0 Å². The van der Waals surface area contributed by atoms with Crippen LogP contribution in [0.1, 0.15) is 33.6 Å². The summed E-state index contributed by atoms with van der Waals surface area (Å²) in [5.41, 5.74) is 0. The predicted molar refractivity (Wildman–Crippen MR) is 55.4 cm³/mol. The Labute approximate surface area is 80.7 Å². The van der Waals surface area contributed by atoms with Crippen molar-refractivity contribution in [2.75, 3.05) is 19.3 Å². The van der Waals surface area contributed by atoms with Crippen LogP contribution in [-0.4, -0.2) is 24.6 Å². The Bertz CT molecular complexity index is 214. The fourth-order valence-corrected chi connectivity index (χ4v) is 4.46. The van der Waals surface area contributed by atoms with Crippen molar-refractivity contribution in [3.05, 3.63) is 0 Å². The summed E-state index contributed by atoms with van der Waals surface area (Å²) in [7, 11) is -2.45. The third-order valence-corrected chi connectivity index (χ3v) is 6.48. The van der Waals surface area contributed by atoms with Crippen molar-refractivity contribution in [2.45, 2.75) is 38.9 Å². The summed E-state index contributed by atoms with van der Waals surface area (Å²) in [5.74, 6) is 0. The zero-order valence-electron chi connectivity index (χ0n) is 8.80. The Morgan fingerprint density at radius 3 is 2.77 bits per heavy atom. The average molecular weight is 205 g/mol. The van der Waals surface area contributed by atoms with E-state index in [0.717, 1.165) is 19.4 Å². The van der Waals surface area contributed by atoms with Gasteiger partial charge >= 0.3 is 0 Å². The van der Waals surface area contributed by atoms with Gasteiger partial charge in [0.1, 0.15) is 0 Å². The van der Waals surface area contributed by atoms with Gasteiger partial charge in [0, 0.05) is 12.7 Å². The minimum Gasteiger partial charge on any atom is -0.326 e. The molecule has 0 aliphatic carbocycles. The zero-order valence-corrected chi connectivity index (χ0v) is 9.69. The molecule has 1 N–H and O–H groups in total. The largest absolute Gasteiger partial charge is 0.326 e. The molecule has 4 heteroatoms. The highest BCUT2D eigenvalue weighted by Gasteiger charge is 2.45. The van der Waals surface area contributed by atoms with Crippen LogP contribution in [0.15, 0.2) is 0 Å². The van der Waals surface area contributed by atoms with Crippen LogP contribution < -0.4 is 5.32 Å². The maximum atomic E-state index is 12.4. The standard InChI is InChI=1S/C9H20NO2P/c1-4-8-13(11)9(3,5-2)10-6-7-12-13/h10H,4-8H2,1-3H3. The molecule has 1 aliphatic rings. The summed E-state index contributed by atoms with van der Waals surface area (Å²) in [4.78, 5) is 0. The number of nitrogens with one attached hydrogen (secondary N) is 1. The van der Waals surface area contributed by atoms with E-state index in [0.29, 0.717) is 12.8 Å². The minimum atomic E-state index is -2.45. The third kappa shape index (κ3) is 1.98. The molecule has 0 saturated carbocycles. The van der Waals surface area contributed by atoms with Crippen LogP contribution >= 0.6 is 7.37 Å². The van der Waals surface area contributed by atoms with Crippen molar-refractivity contribution < 1.29 is 9.09 Å². The molecule has 1 fully saturated rings. The summed E-state index contributed by atoms with van der Waals surface area (Å²) in [6, 6.07) is 0. The Morgan fingerprint density at radius 2 is 2.23 bits per heavy atom. The summed E-state index contributed by atoms with van der Waals surface area (Å²) in [6.07, 6.45) is 2.49. The quantitative estimate of drug-likeness (QED) is 0.719. The Morgan fingerprint density at radius 1 is 1.54 bits per heavy atom. The Kier molecular flexibility index (Phi) is 3.56. The third-order valence-electron chi connectivity index (χ3n) is 2.87. The van der Waals surface area contributed by atoms with Gasteiger partial charge in [-0.15, -0.1) is 0 Å². The molecule has 0 aromatic rings. The van der Waals surface area contributed by atoms with Crippen LogP contribution in [0.3, 0.4) is 0 Å². The molecule has 0 amide bonds. The van der Waals surface area contributed by atoms with Crippen molar-refractivity contribution in [1.29, 1.82) is 0 Å². The topological polar surface area (TPSA) is 38.3 Å². The molecule has 1 saturated heterocycles. The minimum absolute atomic E-state index is 0.290. The lowest BCUT2D eigenvalue weighted by molar-refractivity contribution is 0.232. The van der Waals surface area contributed by atoms with E-state index in [-0.39, 0.29) is 5.28 Å². The highest BCUT2D eigenvalue weighted by Crippen LogP contribution is 2.60. The summed E-state index contributed by atoms with van der Waals surface area (Å²) in [6.45, 7) is 7.53. The van der Waals surface area contributed by atoms with Gasteiger partial charge in [0.2, 0.25) is 7.37 Å². The van der Waals surface area contributed by atoms with Crippen LogP contribution in [0, 0.1) is 0 Å². The van der Waals surface area contributed by atoms with Gasteiger partial charge in [-0.05, 0) is 19.8 Å². The molecule has 0 bridgehead atoms. The molecular weight excluding hydrogens is 185 g/mol. The van der Waals surface area contributed by atoms with Gasteiger partial charge in [-0.3, -0.25) is 4.57 Å². The van der Waals surface area contributed by atoms with Crippen molar-refractivity contribution >= 4 is 7.37 Å². The molecule has 2 unspecified atom stereocenters. The van der Waals surface area contributed by atoms with E-state index in [1.165, 1.54) is 0 Å². The van der Waals surface area contributed by atoms with Crippen LogP contribution in [0.25, 0.3) is 0 Å². The Balaban J connectivity index is 2.83. The SMILES string of the molecule is CCCP1(=O)OCCNC1(C)CC. The lowest BCUT2D eigenvalue weighted by Crippen LogP contribution is -2.48. The van der Waals surface area contributed by atoms with E-state index in [1.54, 1.807) is 0 Å². The molecular formula is C9H20NO2P. The van der Waals surface area contributed by atoms with Gasteiger partial charge in [-0.2, -0.15) is 0 Å². The first-order valence-corrected chi connectivity index (χ1v) is 6.87. The zero-order chi connectivity index (χ0) is 9.95. The molecule has 0 aromatic heterocycles. The second-order valence-corrected chi connectivity index (χ2v) is 6.82. The van der Waals surface area contributed by atoms with Gasteiger partial charge in [0.15, 0.2) is 0 Å². The maximum Gasteiger partial charge on any atom is 0.222 e. The van der Waals surface area contributed by atoms with Gasteiger partial charge < -0.3 is 9.84 Å². The van der Waals surface area contributed by atoms with Gasteiger partial charge in [-0.1, -0.05) is 13.8 Å². The molecule has 0 radical (unpaired) electrons. The lowest BCUT2D eigenvalue weighted by Gasteiger charge is -2.41. The number of rotatable bonds is 3. The predicted octanol–water partition coefficient (Wildman–Crippen LogP) is 2.42. The van der Waals surface area contributed by atoms with E-state index in [9.17, 15) is 4.57 Å². The molecule has 1 rings (SSSR count). The van der Waals surface area contributed by atoms with E-state index in [4.69, 9.17) is 4.52 Å². The van der Waals surface area contributed by atoms with Crippen molar-refractivity contribution in [3.63, 3.8) is 0 Å². The molecule has 0 aromatic carbocycles. The second-order valence-electron chi connectivity index (χ2n) is 3.78. The molecule has 13 heavy (non-hydrogen) atoms. The van der Waals surface area contributed by atoms with Crippen molar-refractivity contribution in [1.82, 2.24) is 5.32 Å². The van der Waals surface area contributed by atoms with E-state index in [1.807, 2.05) is 13.8 Å². The van der Waals surface area contributed by atoms with E-state index >= 15 is 0 Å². The first kappa shape index (κ1) is 11.2. The van der Waals surface area contributed by atoms with Crippen LogP contribution in [0.5, 0.6) is 0 Å². The smallest absolute Gasteiger partial charge is 0.222 e. The van der Waals surface area contributed by atoms with Gasteiger partial charge in [0.25, 0.3) is 0 Å². The summed E-state index contributed by atoms with van der Waals surface area (Å²) < 4.78 is 17.9. The first-order chi connectivity index (χ1) is 6.08. The normalized spacial score (nSPS) is 40.5. The van der Waals surface area contributed by atoms with Crippen LogP contribution in [0.2, 0.25) is 0 Å². The fraction of sp³-hybridized carbons (Fsp3) is 1.00. The molecule has 1 aliphatic heterocycles. The lowest BCUT2D eigenvalue weighted by atomic mass is 10.2. The maximum absolute atomic E-state index is 12.4. The highest BCUT2D eigenvalue weighted by molar-refractivity contribution is 7.60.